The van der Waals surface area contributed by atoms with E-state index in [4.69, 9.17) is 4.74 Å². The van der Waals surface area contributed by atoms with Crippen molar-refractivity contribution >= 4 is 0 Å². The summed E-state index contributed by atoms with van der Waals surface area (Å²) in [4.78, 5) is 25.4. The fourth-order valence-corrected chi connectivity index (χ4v) is 2.41. The number of aromatic nitrogens is 2. The van der Waals surface area contributed by atoms with Crippen molar-refractivity contribution in [2.45, 2.75) is 32.1 Å². The van der Waals surface area contributed by atoms with Gasteiger partial charge in [-0.2, -0.15) is 0 Å². The molecular weight excluding hydrogens is 248 g/mol. The zero-order valence-electron chi connectivity index (χ0n) is 10.8. The number of hydrogen-bond acceptors (Lipinski definition) is 4. The van der Waals surface area contributed by atoms with Gasteiger partial charge in [-0.25, -0.2) is 4.79 Å². The van der Waals surface area contributed by atoms with Gasteiger partial charge in [0.1, 0.15) is 6.23 Å². The number of allylic oxidation sites excluding steroid dienone is 1. The molecule has 19 heavy (non-hydrogen) atoms. The number of rotatable bonds is 4. The number of nitrogens with one attached hydrogen (secondary N) is 1. The predicted molar refractivity (Wildman–Crippen MR) is 70.0 cm³/mol. The lowest BCUT2D eigenvalue weighted by Crippen LogP contribution is -2.33. The van der Waals surface area contributed by atoms with E-state index in [1.54, 1.807) is 13.0 Å². The Labute approximate surface area is 110 Å². The second kappa shape index (κ2) is 5.54. The minimum Gasteiger partial charge on any atom is -0.394 e. The lowest BCUT2D eigenvalue weighted by atomic mass is 9.97. The second-order valence-electron chi connectivity index (χ2n) is 4.81. The summed E-state index contributed by atoms with van der Waals surface area (Å²) in [6, 6.07) is 0. The van der Waals surface area contributed by atoms with Gasteiger partial charge < -0.3 is 9.84 Å². The number of aryl methyl sites for hydroxylation is 1. The molecule has 2 N–H and O–H groups in total. The highest BCUT2D eigenvalue weighted by molar-refractivity contribution is 5.02. The molecule has 1 aromatic rings. The highest BCUT2D eigenvalue weighted by Crippen LogP contribution is 2.34. The number of H-pyrrole nitrogens is 1. The van der Waals surface area contributed by atoms with Crippen LogP contribution in [-0.2, 0) is 4.74 Å². The lowest BCUT2D eigenvalue weighted by molar-refractivity contribution is -0.0324. The zero-order chi connectivity index (χ0) is 14.0. The SMILES string of the molecule is C=CC[C@H]1C[C@H](n2cc(C)c(=O)[nH]c2=O)O[C@@H]1CO. The smallest absolute Gasteiger partial charge is 0.330 e. The van der Waals surface area contributed by atoms with Crippen LogP contribution in [0.25, 0.3) is 0 Å². The number of hydrogen-bond donors (Lipinski definition) is 2. The van der Waals surface area contributed by atoms with Gasteiger partial charge in [0.15, 0.2) is 0 Å². The van der Waals surface area contributed by atoms with Gasteiger partial charge >= 0.3 is 5.69 Å². The normalized spacial score (nSPS) is 26.5. The van der Waals surface area contributed by atoms with Crippen LogP contribution in [0, 0.1) is 12.8 Å². The molecule has 0 radical (unpaired) electrons. The van der Waals surface area contributed by atoms with E-state index in [0.29, 0.717) is 12.0 Å². The van der Waals surface area contributed by atoms with Crippen LogP contribution in [0.4, 0.5) is 0 Å². The van der Waals surface area contributed by atoms with Gasteiger partial charge in [-0.05, 0) is 25.7 Å². The molecule has 2 heterocycles. The highest BCUT2D eigenvalue weighted by Gasteiger charge is 2.35. The molecule has 1 aromatic heterocycles. The van der Waals surface area contributed by atoms with Crippen LogP contribution < -0.4 is 11.2 Å². The molecule has 6 heteroatoms. The summed E-state index contributed by atoms with van der Waals surface area (Å²) in [5.41, 5.74) is -0.423. The molecule has 2 rings (SSSR count). The summed E-state index contributed by atoms with van der Waals surface area (Å²) in [5, 5.41) is 9.29. The van der Waals surface area contributed by atoms with Crippen molar-refractivity contribution in [3.8, 4) is 0 Å². The van der Waals surface area contributed by atoms with Gasteiger partial charge in [-0.1, -0.05) is 6.08 Å². The van der Waals surface area contributed by atoms with Crippen molar-refractivity contribution in [1.29, 1.82) is 0 Å². The molecule has 3 atom stereocenters. The number of aromatic amines is 1. The molecule has 1 aliphatic heterocycles. The third-order valence-electron chi connectivity index (χ3n) is 3.47. The molecule has 0 amide bonds. The number of aliphatic hydroxyl groups is 1. The Balaban J connectivity index is 2.29. The Kier molecular flexibility index (Phi) is 4.01. The number of nitrogens with zero attached hydrogens (tertiary/aromatic N) is 1. The molecule has 0 saturated carbocycles. The summed E-state index contributed by atoms with van der Waals surface area (Å²) in [5.74, 6) is 0.131. The first-order valence-electron chi connectivity index (χ1n) is 6.26. The molecule has 0 unspecified atom stereocenters. The third kappa shape index (κ3) is 2.69. The van der Waals surface area contributed by atoms with Crippen LogP contribution in [-0.4, -0.2) is 27.4 Å². The van der Waals surface area contributed by atoms with Crippen molar-refractivity contribution in [2.75, 3.05) is 6.61 Å². The van der Waals surface area contributed by atoms with Gasteiger partial charge in [-0.3, -0.25) is 14.3 Å². The molecule has 0 aromatic carbocycles. The van der Waals surface area contributed by atoms with Gasteiger partial charge in [0, 0.05) is 11.8 Å². The standard InChI is InChI=1S/C13H18N2O4/c1-3-4-9-5-11(19-10(9)7-16)15-6-8(2)12(17)14-13(15)18/h3,6,9-11,16H,1,4-5,7H2,2H3,(H,14,17,18)/t9-,10+,11+/m0/s1. The molecule has 0 spiro atoms. The molecular formula is C13H18N2O4. The van der Waals surface area contributed by atoms with E-state index in [-0.39, 0.29) is 24.2 Å². The Hall–Kier alpha value is -1.66. The Bertz CT molecular complexity index is 575. The van der Waals surface area contributed by atoms with E-state index in [1.165, 1.54) is 10.8 Å². The summed E-state index contributed by atoms with van der Waals surface area (Å²) < 4.78 is 7.06. The van der Waals surface area contributed by atoms with Gasteiger partial charge in [0.25, 0.3) is 5.56 Å². The average molecular weight is 266 g/mol. The first-order chi connectivity index (χ1) is 9.06. The average Bonchev–Trinajstić information content (AvgIpc) is 2.77. The van der Waals surface area contributed by atoms with Crippen molar-refractivity contribution in [2.24, 2.45) is 5.92 Å². The molecule has 1 saturated heterocycles. The van der Waals surface area contributed by atoms with Crippen molar-refractivity contribution in [1.82, 2.24) is 9.55 Å². The van der Waals surface area contributed by atoms with E-state index in [1.807, 2.05) is 0 Å². The van der Waals surface area contributed by atoms with E-state index in [0.717, 1.165) is 6.42 Å². The summed E-state index contributed by atoms with van der Waals surface area (Å²) >= 11 is 0. The van der Waals surface area contributed by atoms with E-state index in [2.05, 4.69) is 11.6 Å². The maximum Gasteiger partial charge on any atom is 0.330 e. The maximum atomic E-state index is 11.8. The Morgan fingerprint density at radius 1 is 1.63 bits per heavy atom. The highest BCUT2D eigenvalue weighted by atomic mass is 16.5. The minimum atomic E-state index is -0.489. The van der Waals surface area contributed by atoms with Crippen molar-refractivity contribution in [3.05, 3.63) is 45.3 Å². The number of aliphatic hydroxyl groups excluding tert-OH is 1. The van der Waals surface area contributed by atoms with Gasteiger partial charge in [0.05, 0.1) is 12.7 Å². The molecule has 1 fully saturated rings. The fourth-order valence-electron chi connectivity index (χ4n) is 2.41. The number of ether oxygens (including phenoxy) is 1. The third-order valence-corrected chi connectivity index (χ3v) is 3.47. The molecule has 6 nitrogen and oxygen atoms in total. The van der Waals surface area contributed by atoms with Crippen LogP contribution in [0.5, 0.6) is 0 Å². The topological polar surface area (TPSA) is 84.3 Å². The Morgan fingerprint density at radius 2 is 2.37 bits per heavy atom. The van der Waals surface area contributed by atoms with E-state index in [9.17, 15) is 14.7 Å². The maximum absolute atomic E-state index is 11.8. The molecule has 0 aliphatic carbocycles. The van der Waals surface area contributed by atoms with Crippen molar-refractivity contribution in [3.63, 3.8) is 0 Å². The summed E-state index contributed by atoms with van der Waals surface area (Å²) in [6.07, 6.45) is 3.85. The van der Waals surface area contributed by atoms with Gasteiger partial charge in [-0.15, -0.1) is 6.58 Å². The second-order valence-corrected chi connectivity index (χ2v) is 4.81. The summed E-state index contributed by atoms with van der Waals surface area (Å²) in [7, 11) is 0. The lowest BCUT2D eigenvalue weighted by Gasteiger charge is -2.15. The summed E-state index contributed by atoms with van der Waals surface area (Å²) in [6.45, 7) is 5.22. The first-order valence-corrected chi connectivity index (χ1v) is 6.26. The van der Waals surface area contributed by atoms with Crippen molar-refractivity contribution < 1.29 is 9.84 Å². The monoisotopic (exact) mass is 266 g/mol. The molecule has 1 aliphatic rings. The molecule has 104 valence electrons. The van der Waals surface area contributed by atoms with Crippen LogP contribution in [0.1, 0.15) is 24.6 Å². The van der Waals surface area contributed by atoms with Gasteiger partial charge in [0.2, 0.25) is 0 Å². The first kappa shape index (κ1) is 13.8. The predicted octanol–water partition coefficient (Wildman–Crippen LogP) is 0.317. The quantitative estimate of drug-likeness (QED) is 0.769. The fraction of sp³-hybridized carbons (Fsp3) is 0.538. The Morgan fingerprint density at radius 3 is 3.00 bits per heavy atom. The van der Waals surface area contributed by atoms with E-state index >= 15 is 0 Å². The minimum absolute atomic E-state index is 0.0912. The van der Waals surface area contributed by atoms with Crippen LogP contribution in [0.3, 0.4) is 0 Å². The van der Waals surface area contributed by atoms with Crippen LogP contribution in [0.15, 0.2) is 28.4 Å². The molecule has 0 bridgehead atoms. The van der Waals surface area contributed by atoms with E-state index < -0.39 is 11.9 Å². The largest absolute Gasteiger partial charge is 0.394 e. The van der Waals surface area contributed by atoms with Crippen LogP contribution in [0.2, 0.25) is 0 Å². The van der Waals surface area contributed by atoms with Crippen LogP contribution >= 0.6 is 0 Å². The zero-order valence-corrected chi connectivity index (χ0v) is 10.8.